The molecule has 0 spiro atoms. The van der Waals surface area contributed by atoms with Gasteiger partial charge in [-0.2, -0.15) is 0 Å². The first kappa shape index (κ1) is 15.7. The van der Waals surface area contributed by atoms with Crippen LogP contribution < -0.4 is 5.32 Å². The number of nitrogens with zero attached hydrogens (tertiary/aromatic N) is 1. The monoisotopic (exact) mass is 324 g/mol. The van der Waals surface area contributed by atoms with Crippen LogP contribution >= 0.6 is 23.4 Å². The number of benzene rings is 1. The van der Waals surface area contributed by atoms with Crippen LogP contribution in [0, 0.1) is 0 Å². The minimum Gasteiger partial charge on any atom is -0.307 e. The van der Waals surface area contributed by atoms with Gasteiger partial charge in [0.2, 0.25) is 0 Å². The molecule has 2 nitrogen and oxygen atoms in total. The highest BCUT2D eigenvalue weighted by Gasteiger charge is 2.27. The summed E-state index contributed by atoms with van der Waals surface area (Å²) in [5.41, 5.74) is 1.41. The van der Waals surface area contributed by atoms with Gasteiger partial charge in [0.05, 0.1) is 0 Å². The van der Waals surface area contributed by atoms with Gasteiger partial charge in [0.25, 0.3) is 0 Å². The number of fused-ring (bicyclic) bond motifs is 1. The summed E-state index contributed by atoms with van der Waals surface area (Å²) in [6.07, 6.45) is 6.43. The van der Waals surface area contributed by atoms with E-state index in [0.717, 1.165) is 11.1 Å². The molecule has 1 aliphatic heterocycles. The van der Waals surface area contributed by atoms with E-state index in [-0.39, 0.29) is 0 Å². The fourth-order valence-corrected chi connectivity index (χ4v) is 4.87. The zero-order valence-corrected chi connectivity index (χ0v) is 14.5. The molecule has 0 bridgehead atoms. The van der Waals surface area contributed by atoms with Crippen LogP contribution in [0.4, 0.5) is 0 Å². The van der Waals surface area contributed by atoms with Gasteiger partial charge in [-0.3, -0.25) is 0 Å². The normalized spacial score (nSPS) is 29.4. The molecule has 1 aliphatic carbocycles. The van der Waals surface area contributed by atoms with Crippen molar-refractivity contribution in [2.24, 2.45) is 0 Å². The van der Waals surface area contributed by atoms with E-state index in [2.05, 4.69) is 36.4 Å². The summed E-state index contributed by atoms with van der Waals surface area (Å²) >= 11 is 8.16. The van der Waals surface area contributed by atoms with Crippen molar-refractivity contribution in [1.82, 2.24) is 10.2 Å². The van der Waals surface area contributed by atoms with Crippen LogP contribution in [-0.2, 0) is 0 Å². The summed E-state index contributed by atoms with van der Waals surface area (Å²) in [5, 5.41) is 4.77. The van der Waals surface area contributed by atoms with Crippen molar-refractivity contribution in [1.29, 1.82) is 0 Å². The third-order valence-electron chi connectivity index (χ3n) is 4.88. The van der Waals surface area contributed by atoms with Crippen LogP contribution in [0.3, 0.4) is 0 Å². The number of thioether (sulfide) groups is 1. The molecule has 2 aliphatic rings. The summed E-state index contributed by atoms with van der Waals surface area (Å²) in [6.45, 7) is 0. The Labute approximate surface area is 137 Å². The van der Waals surface area contributed by atoms with Gasteiger partial charge in [-0.25, -0.2) is 0 Å². The third kappa shape index (κ3) is 3.76. The zero-order chi connectivity index (χ0) is 14.8. The standard InChI is InChI=1S/C17H25ClN2S/c1-20(2)14-6-4-13(5-7-14)19-16-9-10-21-17-8-3-12(18)11-15(16)17/h3,8,11,13-14,16,19H,4-7,9-10H2,1-2H3. The molecule has 0 amide bonds. The maximum atomic E-state index is 6.20. The number of hydrogen-bond donors (Lipinski definition) is 1. The molecule has 3 rings (SSSR count). The first-order chi connectivity index (χ1) is 10.1. The highest BCUT2D eigenvalue weighted by molar-refractivity contribution is 7.99. The molecule has 1 aromatic carbocycles. The first-order valence-corrected chi connectivity index (χ1v) is 9.34. The zero-order valence-electron chi connectivity index (χ0n) is 12.9. The highest BCUT2D eigenvalue weighted by Crippen LogP contribution is 2.38. The van der Waals surface area contributed by atoms with Crippen LogP contribution in [-0.4, -0.2) is 36.8 Å². The van der Waals surface area contributed by atoms with E-state index in [1.54, 1.807) is 0 Å². The van der Waals surface area contributed by atoms with E-state index < -0.39 is 0 Å². The lowest BCUT2D eigenvalue weighted by molar-refractivity contribution is 0.197. The Morgan fingerprint density at radius 1 is 1.14 bits per heavy atom. The first-order valence-electron chi connectivity index (χ1n) is 7.98. The van der Waals surface area contributed by atoms with E-state index in [9.17, 15) is 0 Å². The van der Waals surface area contributed by atoms with Crippen LogP contribution in [0.25, 0.3) is 0 Å². The van der Waals surface area contributed by atoms with Gasteiger partial charge < -0.3 is 10.2 Å². The molecule has 0 aromatic heterocycles. The van der Waals surface area contributed by atoms with Crippen LogP contribution in [0.2, 0.25) is 5.02 Å². The summed E-state index contributed by atoms with van der Waals surface area (Å²) in [5.74, 6) is 1.21. The summed E-state index contributed by atoms with van der Waals surface area (Å²) in [7, 11) is 4.41. The predicted molar refractivity (Wildman–Crippen MR) is 92.4 cm³/mol. The second-order valence-electron chi connectivity index (χ2n) is 6.51. The molecule has 1 heterocycles. The van der Waals surface area contributed by atoms with Gasteiger partial charge in [0.15, 0.2) is 0 Å². The minimum atomic E-state index is 0.487. The molecule has 0 radical (unpaired) electrons. The van der Waals surface area contributed by atoms with Crippen molar-refractivity contribution in [2.45, 2.75) is 55.1 Å². The van der Waals surface area contributed by atoms with E-state index in [0.29, 0.717) is 12.1 Å². The van der Waals surface area contributed by atoms with E-state index in [4.69, 9.17) is 11.6 Å². The van der Waals surface area contributed by atoms with E-state index >= 15 is 0 Å². The van der Waals surface area contributed by atoms with Crippen LogP contribution in [0.5, 0.6) is 0 Å². The summed E-state index contributed by atoms with van der Waals surface area (Å²) in [4.78, 5) is 3.79. The fraction of sp³-hybridized carbons (Fsp3) is 0.647. The summed E-state index contributed by atoms with van der Waals surface area (Å²) in [6, 6.07) is 8.28. The Balaban J connectivity index is 1.63. The maximum Gasteiger partial charge on any atom is 0.0410 e. The van der Waals surface area contributed by atoms with Crippen molar-refractivity contribution >= 4 is 23.4 Å². The van der Waals surface area contributed by atoms with Crippen molar-refractivity contribution in [2.75, 3.05) is 19.8 Å². The summed E-state index contributed by atoms with van der Waals surface area (Å²) < 4.78 is 0. The van der Waals surface area contributed by atoms with Gasteiger partial charge in [0, 0.05) is 28.0 Å². The Morgan fingerprint density at radius 3 is 2.62 bits per heavy atom. The molecular formula is C17H25ClN2S. The van der Waals surface area contributed by atoms with E-state index in [1.165, 1.54) is 48.3 Å². The molecule has 0 saturated heterocycles. The average molecular weight is 325 g/mol. The van der Waals surface area contributed by atoms with Gasteiger partial charge >= 0.3 is 0 Å². The molecule has 1 atom stereocenters. The average Bonchev–Trinajstić information content (AvgIpc) is 2.48. The smallest absolute Gasteiger partial charge is 0.0410 e. The third-order valence-corrected chi connectivity index (χ3v) is 6.23. The maximum absolute atomic E-state index is 6.20. The number of halogens is 1. The van der Waals surface area contributed by atoms with Crippen molar-refractivity contribution in [3.63, 3.8) is 0 Å². The van der Waals surface area contributed by atoms with E-state index in [1.807, 2.05) is 17.8 Å². The molecule has 21 heavy (non-hydrogen) atoms. The molecular weight excluding hydrogens is 300 g/mol. The Kier molecular flexibility index (Phi) is 5.15. The minimum absolute atomic E-state index is 0.487. The number of nitrogens with one attached hydrogen (secondary N) is 1. The van der Waals surface area contributed by atoms with Crippen molar-refractivity contribution in [3.8, 4) is 0 Å². The topological polar surface area (TPSA) is 15.3 Å². The molecule has 1 N–H and O–H groups in total. The highest BCUT2D eigenvalue weighted by atomic mass is 35.5. The molecule has 4 heteroatoms. The lowest BCUT2D eigenvalue weighted by Crippen LogP contribution is -2.41. The largest absolute Gasteiger partial charge is 0.307 e. The van der Waals surface area contributed by atoms with Crippen molar-refractivity contribution in [3.05, 3.63) is 28.8 Å². The Morgan fingerprint density at radius 2 is 1.90 bits per heavy atom. The van der Waals surface area contributed by atoms with Crippen molar-refractivity contribution < 1.29 is 0 Å². The molecule has 116 valence electrons. The second kappa shape index (κ2) is 6.91. The number of rotatable bonds is 3. The molecule has 1 aromatic rings. The Hall–Kier alpha value is -0.220. The molecule has 1 unspecified atom stereocenters. The van der Waals surface area contributed by atoms with Crippen LogP contribution in [0.15, 0.2) is 23.1 Å². The van der Waals surface area contributed by atoms with Gasteiger partial charge in [-0.05, 0) is 75.7 Å². The lowest BCUT2D eigenvalue weighted by Gasteiger charge is -2.36. The Bertz CT molecular complexity index is 484. The van der Waals surface area contributed by atoms with Crippen LogP contribution in [0.1, 0.15) is 43.7 Å². The fourth-order valence-electron chi connectivity index (χ4n) is 3.58. The molecule has 1 fully saturated rings. The second-order valence-corrected chi connectivity index (χ2v) is 8.08. The predicted octanol–water partition coefficient (Wildman–Crippen LogP) is 4.34. The number of hydrogen-bond acceptors (Lipinski definition) is 3. The quantitative estimate of drug-likeness (QED) is 0.890. The van der Waals surface area contributed by atoms with Gasteiger partial charge in [-0.15, -0.1) is 11.8 Å². The van der Waals surface area contributed by atoms with Gasteiger partial charge in [-0.1, -0.05) is 11.6 Å². The molecule has 1 saturated carbocycles. The van der Waals surface area contributed by atoms with Gasteiger partial charge in [0.1, 0.15) is 0 Å². The SMILES string of the molecule is CN(C)C1CCC(NC2CCSc3ccc(Cl)cc32)CC1. The lowest BCUT2D eigenvalue weighted by atomic mass is 9.89.